The van der Waals surface area contributed by atoms with E-state index in [1.165, 1.54) is 0 Å². The van der Waals surface area contributed by atoms with Gasteiger partial charge in [-0.05, 0) is 50.7 Å². The predicted octanol–water partition coefficient (Wildman–Crippen LogP) is 2.84. The van der Waals surface area contributed by atoms with Crippen LogP contribution in [0.1, 0.15) is 51.9 Å². The van der Waals surface area contributed by atoms with Gasteiger partial charge in [-0.15, -0.1) is 0 Å². The fourth-order valence-electron chi connectivity index (χ4n) is 4.21. The van der Waals surface area contributed by atoms with Crippen molar-refractivity contribution < 1.29 is 9.90 Å². The summed E-state index contributed by atoms with van der Waals surface area (Å²) < 4.78 is 0. The highest BCUT2D eigenvalue weighted by molar-refractivity contribution is 5.77. The molecule has 1 aromatic heterocycles. The number of piperidine rings is 1. The van der Waals surface area contributed by atoms with Gasteiger partial charge in [0.25, 0.3) is 0 Å². The smallest absolute Gasteiger partial charge is 0.225 e. The monoisotopic (exact) mass is 345 g/mol. The number of anilines is 1. The van der Waals surface area contributed by atoms with E-state index < -0.39 is 5.60 Å². The molecule has 5 heteroatoms. The van der Waals surface area contributed by atoms with Crippen molar-refractivity contribution >= 4 is 11.7 Å². The van der Waals surface area contributed by atoms with Crippen LogP contribution in [0.2, 0.25) is 0 Å². The molecule has 0 unspecified atom stereocenters. The van der Waals surface area contributed by atoms with Gasteiger partial charge in [0.15, 0.2) is 0 Å². The number of pyridine rings is 1. The first-order chi connectivity index (χ1) is 12.1. The number of hydrogen-bond acceptors (Lipinski definition) is 4. The van der Waals surface area contributed by atoms with Gasteiger partial charge in [0.1, 0.15) is 5.82 Å². The number of aliphatic hydroxyl groups is 1. The summed E-state index contributed by atoms with van der Waals surface area (Å²) in [6.45, 7) is 5.59. The van der Waals surface area contributed by atoms with Crippen molar-refractivity contribution in [3.05, 3.63) is 24.4 Å². The Bertz CT molecular complexity index is 549. The van der Waals surface area contributed by atoms with E-state index in [4.69, 9.17) is 0 Å². The van der Waals surface area contributed by atoms with Crippen LogP contribution in [0.5, 0.6) is 0 Å². The number of aromatic nitrogens is 1. The summed E-state index contributed by atoms with van der Waals surface area (Å²) in [5, 5.41) is 10.5. The molecule has 0 atom stereocenters. The molecule has 2 heterocycles. The van der Waals surface area contributed by atoms with Crippen LogP contribution in [0.15, 0.2) is 24.4 Å². The summed E-state index contributed by atoms with van der Waals surface area (Å²) in [6, 6.07) is 6.03. The zero-order chi connectivity index (χ0) is 17.7. The Morgan fingerprint density at radius 1 is 1.32 bits per heavy atom. The Balaban J connectivity index is 1.48. The topological polar surface area (TPSA) is 56.7 Å². The molecule has 1 saturated heterocycles. The van der Waals surface area contributed by atoms with Crippen LogP contribution < -0.4 is 4.90 Å². The van der Waals surface area contributed by atoms with Gasteiger partial charge in [-0.3, -0.25) is 4.79 Å². The van der Waals surface area contributed by atoms with E-state index in [1.54, 1.807) is 0 Å². The summed E-state index contributed by atoms with van der Waals surface area (Å²) in [5.74, 6) is 1.72. The summed E-state index contributed by atoms with van der Waals surface area (Å²) >= 11 is 0. The zero-order valence-corrected chi connectivity index (χ0v) is 15.4. The second-order valence-corrected chi connectivity index (χ2v) is 7.66. The summed E-state index contributed by atoms with van der Waals surface area (Å²) in [6.07, 6.45) is 7.96. The molecule has 0 aromatic carbocycles. The number of carbonyl (C=O) groups excluding carboxylic acids is 1. The van der Waals surface area contributed by atoms with Crippen molar-refractivity contribution in [1.82, 2.24) is 9.88 Å². The average Bonchev–Trinajstić information content (AvgIpc) is 3.07. The third kappa shape index (κ3) is 4.72. The largest absolute Gasteiger partial charge is 0.389 e. The molecule has 1 saturated carbocycles. The summed E-state index contributed by atoms with van der Waals surface area (Å²) in [7, 11) is 0. The normalized spacial score (nSPS) is 20.6. The zero-order valence-electron chi connectivity index (χ0n) is 15.4. The van der Waals surface area contributed by atoms with Gasteiger partial charge in [0.05, 0.1) is 12.0 Å². The summed E-state index contributed by atoms with van der Waals surface area (Å²) in [4.78, 5) is 21.4. The molecule has 3 rings (SSSR count). The molecule has 138 valence electrons. The minimum atomic E-state index is -0.743. The molecule has 0 radical (unpaired) electrons. The average molecular weight is 345 g/mol. The lowest BCUT2D eigenvalue weighted by Gasteiger charge is -2.36. The molecule has 2 aliphatic rings. The van der Waals surface area contributed by atoms with E-state index in [0.29, 0.717) is 12.3 Å². The van der Waals surface area contributed by atoms with E-state index in [9.17, 15) is 9.90 Å². The van der Waals surface area contributed by atoms with Crippen molar-refractivity contribution in [2.24, 2.45) is 5.92 Å². The van der Waals surface area contributed by atoms with Crippen LogP contribution in [0.3, 0.4) is 0 Å². The Kier molecular flexibility index (Phi) is 5.94. The molecule has 5 nitrogen and oxygen atoms in total. The first kappa shape index (κ1) is 18.2. The van der Waals surface area contributed by atoms with Gasteiger partial charge in [-0.1, -0.05) is 18.9 Å². The van der Waals surface area contributed by atoms with E-state index in [1.807, 2.05) is 30.2 Å². The third-order valence-corrected chi connectivity index (χ3v) is 5.82. The van der Waals surface area contributed by atoms with Gasteiger partial charge in [0.2, 0.25) is 5.91 Å². The maximum atomic E-state index is 12.6. The van der Waals surface area contributed by atoms with Gasteiger partial charge in [-0.25, -0.2) is 4.98 Å². The highest BCUT2D eigenvalue weighted by Crippen LogP contribution is 2.33. The van der Waals surface area contributed by atoms with Crippen molar-refractivity contribution in [1.29, 1.82) is 0 Å². The first-order valence-corrected chi connectivity index (χ1v) is 9.76. The standard InChI is InChI=1S/C20H31N3O2/c1-2-22(19(24)15-20(25)10-4-5-11-20)16-17-8-13-23(14-9-17)18-7-3-6-12-21-18/h3,6-7,12,17,25H,2,4-5,8-11,13-16H2,1H3. The minimum Gasteiger partial charge on any atom is -0.389 e. The molecular formula is C20H31N3O2. The summed E-state index contributed by atoms with van der Waals surface area (Å²) in [5.41, 5.74) is -0.743. The third-order valence-electron chi connectivity index (χ3n) is 5.82. The van der Waals surface area contributed by atoms with E-state index in [0.717, 1.165) is 70.5 Å². The maximum absolute atomic E-state index is 12.6. The van der Waals surface area contributed by atoms with Gasteiger partial charge >= 0.3 is 0 Å². The van der Waals surface area contributed by atoms with Crippen LogP contribution in [-0.4, -0.2) is 52.7 Å². The number of nitrogens with zero attached hydrogens (tertiary/aromatic N) is 3. The fraction of sp³-hybridized carbons (Fsp3) is 0.700. The van der Waals surface area contributed by atoms with Crippen LogP contribution in [0.25, 0.3) is 0 Å². The van der Waals surface area contributed by atoms with Crippen molar-refractivity contribution in [3.63, 3.8) is 0 Å². The van der Waals surface area contributed by atoms with Crippen LogP contribution >= 0.6 is 0 Å². The molecule has 2 fully saturated rings. The number of rotatable bonds is 6. The SMILES string of the molecule is CCN(CC1CCN(c2ccccn2)CC1)C(=O)CC1(O)CCCC1. The highest BCUT2D eigenvalue weighted by Gasteiger charge is 2.35. The van der Waals surface area contributed by atoms with Crippen LogP contribution in [0, 0.1) is 5.92 Å². The van der Waals surface area contributed by atoms with Gasteiger partial charge in [0, 0.05) is 32.4 Å². The highest BCUT2D eigenvalue weighted by atomic mass is 16.3. The van der Waals surface area contributed by atoms with Crippen molar-refractivity contribution in [2.45, 2.75) is 57.5 Å². The second-order valence-electron chi connectivity index (χ2n) is 7.66. The molecule has 0 bridgehead atoms. The Labute approximate surface area is 151 Å². The number of carbonyl (C=O) groups is 1. The molecule has 1 aliphatic heterocycles. The predicted molar refractivity (Wildman–Crippen MR) is 99.5 cm³/mol. The lowest BCUT2D eigenvalue weighted by molar-refractivity contribution is -0.136. The molecule has 1 aromatic rings. The number of amides is 1. The van der Waals surface area contributed by atoms with Crippen molar-refractivity contribution in [3.8, 4) is 0 Å². The quantitative estimate of drug-likeness (QED) is 0.861. The number of hydrogen-bond donors (Lipinski definition) is 1. The molecule has 25 heavy (non-hydrogen) atoms. The van der Waals surface area contributed by atoms with Gasteiger partial charge in [-0.2, -0.15) is 0 Å². The van der Waals surface area contributed by atoms with Crippen molar-refractivity contribution in [2.75, 3.05) is 31.1 Å². The van der Waals surface area contributed by atoms with E-state index in [-0.39, 0.29) is 5.91 Å². The van der Waals surface area contributed by atoms with Crippen LogP contribution in [0.4, 0.5) is 5.82 Å². The van der Waals surface area contributed by atoms with E-state index in [2.05, 4.69) is 16.0 Å². The van der Waals surface area contributed by atoms with Gasteiger partial charge < -0.3 is 14.9 Å². The second kappa shape index (κ2) is 8.17. The fourth-order valence-corrected chi connectivity index (χ4v) is 4.21. The molecule has 0 spiro atoms. The Hall–Kier alpha value is -1.62. The lowest BCUT2D eigenvalue weighted by Crippen LogP contribution is -2.43. The first-order valence-electron chi connectivity index (χ1n) is 9.76. The van der Waals surface area contributed by atoms with Crippen LogP contribution in [-0.2, 0) is 4.79 Å². The molecular weight excluding hydrogens is 314 g/mol. The lowest BCUT2D eigenvalue weighted by atomic mass is 9.94. The minimum absolute atomic E-state index is 0.124. The molecule has 1 aliphatic carbocycles. The Morgan fingerprint density at radius 3 is 2.64 bits per heavy atom. The van der Waals surface area contributed by atoms with E-state index >= 15 is 0 Å². The molecule has 1 N–H and O–H groups in total. The molecule has 1 amide bonds. The maximum Gasteiger partial charge on any atom is 0.225 e. The Morgan fingerprint density at radius 2 is 2.04 bits per heavy atom.